The van der Waals surface area contributed by atoms with Crippen molar-refractivity contribution in [2.24, 2.45) is 0 Å². The second-order valence-electron chi connectivity index (χ2n) is 7.48. The number of nitrogens with one attached hydrogen (secondary N) is 1. The lowest BCUT2D eigenvalue weighted by atomic mass is 10.1. The van der Waals surface area contributed by atoms with Gasteiger partial charge in [-0.25, -0.2) is 9.97 Å². The zero-order chi connectivity index (χ0) is 21.1. The van der Waals surface area contributed by atoms with Crippen LogP contribution in [0.1, 0.15) is 21.6 Å². The molecule has 8 heteroatoms. The highest BCUT2D eigenvalue weighted by atomic mass is 16.5. The fourth-order valence-corrected chi connectivity index (χ4v) is 3.53. The lowest BCUT2D eigenvalue weighted by molar-refractivity contribution is 0.0363. The van der Waals surface area contributed by atoms with E-state index >= 15 is 0 Å². The van der Waals surface area contributed by atoms with Crippen LogP contribution in [0.3, 0.4) is 0 Å². The van der Waals surface area contributed by atoms with Crippen LogP contribution in [-0.2, 0) is 11.3 Å². The Kier molecular flexibility index (Phi) is 5.87. The summed E-state index contributed by atoms with van der Waals surface area (Å²) in [6.07, 6.45) is 1.75. The smallest absolute Gasteiger partial charge is 0.263 e. The molecule has 0 saturated carbocycles. The number of ether oxygens (including phenoxy) is 1. The molecule has 4 heterocycles. The van der Waals surface area contributed by atoms with Crippen LogP contribution in [0.5, 0.6) is 0 Å². The molecule has 1 aliphatic rings. The fourth-order valence-electron chi connectivity index (χ4n) is 3.53. The van der Waals surface area contributed by atoms with Crippen molar-refractivity contribution in [3.05, 3.63) is 63.7 Å². The summed E-state index contributed by atoms with van der Waals surface area (Å²) in [5, 5.41) is 3.64. The van der Waals surface area contributed by atoms with Crippen LogP contribution in [-0.4, -0.2) is 58.2 Å². The molecule has 1 saturated heterocycles. The maximum atomic E-state index is 13.0. The Bertz CT molecular complexity index is 1140. The monoisotopic (exact) mass is 407 g/mol. The van der Waals surface area contributed by atoms with Crippen LogP contribution in [0.15, 0.2) is 41.3 Å². The first-order valence-electron chi connectivity index (χ1n) is 10.1. The van der Waals surface area contributed by atoms with E-state index in [1.807, 2.05) is 25.1 Å². The van der Waals surface area contributed by atoms with E-state index in [4.69, 9.17) is 4.74 Å². The number of hydrogen-bond donors (Lipinski definition) is 1. The number of amides is 1. The topological polar surface area (TPSA) is 89.4 Å². The Morgan fingerprint density at radius 1 is 1.07 bits per heavy atom. The third kappa shape index (κ3) is 4.39. The number of pyridine rings is 3. The molecule has 3 aromatic heterocycles. The van der Waals surface area contributed by atoms with Crippen LogP contribution in [0, 0.1) is 13.8 Å². The van der Waals surface area contributed by atoms with Gasteiger partial charge >= 0.3 is 0 Å². The highest BCUT2D eigenvalue weighted by molar-refractivity contribution is 6.04. The van der Waals surface area contributed by atoms with E-state index in [0.717, 1.165) is 30.7 Å². The van der Waals surface area contributed by atoms with Gasteiger partial charge in [0.1, 0.15) is 11.4 Å². The maximum Gasteiger partial charge on any atom is 0.263 e. The van der Waals surface area contributed by atoms with Gasteiger partial charge in [-0.15, -0.1) is 0 Å². The first-order valence-corrected chi connectivity index (χ1v) is 10.1. The summed E-state index contributed by atoms with van der Waals surface area (Å²) in [5.74, 6) is -0.0918. The van der Waals surface area contributed by atoms with Crippen LogP contribution < -0.4 is 10.9 Å². The lowest BCUT2D eigenvalue weighted by Gasteiger charge is -2.26. The third-order valence-corrected chi connectivity index (χ3v) is 5.29. The van der Waals surface area contributed by atoms with Gasteiger partial charge in [0.15, 0.2) is 5.65 Å². The summed E-state index contributed by atoms with van der Waals surface area (Å²) in [6, 6.07) is 9.21. The maximum absolute atomic E-state index is 13.0. The molecular formula is C22H25N5O3. The van der Waals surface area contributed by atoms with Crippen molar-refractivity contribution in [3.8, 4) is 0 Å². The van der Waals surface area contributed by atoms with E-state index < -0.39 is 5.91 Å². The van der Waals surface area contributed by atoms with Crippen molar-refractivity contribution in [3.63, 3.8) is 0 Å². The van der Waals surface area contributed by atoms with Crippen LogP contribution in [0.2, 0.25) is 0 Å². The first kappa shape index (κ1) is 20.2. The number of hydrogen-bond acceptors (Lipinski definition) is 6. The van der Waals surface area contributed by atoms with Gasteiger partial charge in [-0.1, -0.05) is 0 Å². The van der Waals surface area contributed by atoms with Gasteiger partial charge in [0.05, 0.1) is 13.2 Å². The van der Waals surface area contributed by atoms with E-state index in [0.29, 0.717) is 36.8 Å². The standard InChI is InChI=1S/C22H25N5O3/c1-15-7-8-27(10-9-26-11-13-30-14-12-26)22(29)19(15)21(28)25-18-6-5-17-4-3-16(2)23-20(17)24-18/h3-8H,9-14H2,1-2H3,(H,23,24,25,28). The molecule has 0 aromatic carbocycles. The molecule has 0 spiro atoms. The molecule has 3 aromatic rings. The summed E-state index contributed by atoms with van der Waals surface area (Å²) >= 11 is 0. The van der Waals surface area contributed by atoms with Crippen molar-refractivity contribution in [2.45, 2.75) is 20.4 Å². The van der Waals surface area contributed by atoms with Crippen LogP contribution in [0.25, 0.3) is 11.0 Å². The fraction of sp³-hybridized carbons (Fsp3) is 0.364. The van der Waals surface area contributed by atoms with Crippen molar-refractivity contribution in [2.75, 3.05) is 38.2 Å². The predicted octanol–water partition coefficient (Wildman–Crippen LogP) is 1.99. The third-order valence-electron chi connectivity index (χ3n) is 5.29. The second-order valence-corrected chi connectivity index (χ2v) is 7.48. The molecule has 1 aliphatic heterocycles. The van der Waals surface area contributed by atoms with Gasteiger partial charge in [0, 0.05) is 43.5 Å². The number of carbonyl (C=O) groups is 1. The SMILES string of the molecule is Cc1ccc2ccc(NC(=O)c3c(C)ccn(CCN4CCOCC4)c3=O)nc2n1. The molecule has 4 rings (SSSR count). The normalized spacial score (nSPS) is 14.7. The van der Waals surface area contributed by atoms with Crippen molar-refractivity contribution in [1.29, 1.82) is 0 Å². The number of fused-ring (bicyclic) bond motifs is 1. The van der Waals surface area contributed by atoms with E-state index in [-0.39, 0.29) is 11.1 Å². The molecule has 0 radical (unpaired) electrons. The number of nitrogens with zero attached hydrogens (tertiary/aromatic N) is 4. The molecule has 0 unspecified atom stereocenters. The molecule has 1 amide bonds. The van der Waals surface area contributed by atoms with Gasteiger partial charge in [-0.2, -0.15) is 0 Å². The predicted molar refractivity (Wildman–Crippen MR) is 115 cm³/mol. The number of rotatable bonds is 5. The average molecular weight is 407 g/mol. The Morgan fingerprint density at radius 2 is 1.83 bits per heavy atom. The second kappa shape index (κ2) is 8.73. The van der Waals surface area contributed by atoms with Crippen molar-refractivity contribution >= 4 is 22.8 Å². The Labute approximate surface area is 174 Å². The minimum Gasteiger partial charge on any atom is -0.379 e. The zero-order valence-corrected chi connectivity index (χ0v) is 17.2. The van der Waals surface area contributed by atoms with Gasteiger partial charge < -0.3 is 14.6 Å². The molecule has 0 bridgehead atoms. The molecule has 156 valence electrons. The number of anilines is 1. The number of aryl methyl sites for hydroxylation is 2. The molecule has 1 N–H and O–H groups in total. The molecule has 30 heavy (non-hydrogen) atoms. The Hall–Kier alpha value is -3.10. The summed E-state index contributed by atoms with van der Waals surface area (Å²) in [6.45, 7) is 8.05. The van der Waals surface area contributed by atoms with E-state index in [2.05, 4.69) is 20.2 Å². The Balaban J connectivity index is 1.53. The summed E-state index contributed by atoms with van der Waals surface area (Å²) in [5.41, 5.74) is 1.88. The quantitative estimate of drug-likeness (QED) is 0.696. The minimum absolute atomic E-state index is 0.138. The molecular weight excluding hydrogens is 382 g/mol. The number of aromatic nitrogens is 3. The summed E-state index contributed by atoms with van der Waals surface area (Å²) in [7, 11) is 0. The summed E-state index contributed by atoms with van der Waals surface area (Å²) < 4.78 is 6.95. The van der Waals surface area contributed by atoms with Gasteiger partial charge in [-0.05, 0) is 49.7 Å². The van der Waals surface area contributed by atoms with Gasteiger partial charge in [0.2, 0.25) is 0 Å². The molecule has 0 aliphatic carbocycles. The minimum atomic E-state index is -0.460. The van der Waals surface area contributed by atoms with Gasteiger partial charge in [0.25, 0.3) is 11.5 Å². The highest BCUT2D eigenvalue weighted by Gasteiger charge is 2.18. The average Bonchev–Trinajstić information content (AvgIpc) is 2.73. The van der Waals surface area contributed by atoms with E-state index in [1.54, 1.807) is 29.8 Å². The largest absolute Gasteiger partial charge is 0.379 e. The van der Waals surface area contributed by atoms with Crippen LogP contribution >= 0.6 is 0 Å². The summed E-state index contributed by atoms with van der Waals surface area (Å²) in [4.78, 5) is 36.9. The number of morpholine rings is 1. The highest BCUT2D eigenvalue weighted by Crippen LogP contribution is 2.15. The van der Waals surface area contributed by atoms with Crippen molar-refractivity contribution < 1.29 is 9.53 Å². The first-order chi connectivity index (χ1) is 14.5. The zero-order valence-electron chi connectivity index (χ0n) is 17.2. The van der Waals surface area contributed by atoms with E-state index in [1.165, 1.54) is 0 Å². The molecule has 1 fully saturated rings. The molecule has 8 nitrogen and oxygen atoms in total. The van der Waals surface area contributed by atoms with Crippen LogP contribution in [0.4, 0.5) is 5.82 Å². The van der Waals surface area contributed by atoms with E-state index in [9.17, 15) is 9.59 Å². The van der Waals surface area contributed by atoms with Crippen molar-refractivity contribution in [1.82, 2.24) is 19.4 Å². The molecule has 0 atom stereocenters. The van der Waals surface area contributed by atoms with Gasteiger partial charge in [-0.3, -0.25) is 14.5 Å². The Morgan fingerprint density at radius 3 is 2.63 bits per heavy atom. The number of carbonyl (C=O) groups excluding carboxylic acids is 1. The lowest BCUT2D eigenvalue weighted by Crippen LogP contribution is -2.40.